The lowest BCUT2D eigenvalue weighted by atomic mass is 9.70. The first-order chi connectivity index (χ1) is 22.8. The second-order valence-corrected chi connectivity index (χ2v) is 13.8. The number of anilines is 1. The summed E-state index contributed by atoms with van der Waals surface area (Å²) in [4.78, 5) is 48.9. The fraction of sp³-hybridized carbons (Fsp3) is 0.324. The Hall–Kier alpha value is -3.76. The van der Waals surface area contributed by atoms with Crippen LogP contribution in [-0.2, 0) is 25.7 Å². The third kappa shape index (κ3) is 5.73. The van der Waals surface area contributed by atoms with Crippen LogP contribution >= 0.6 is 27.5 Å². The number of nitrogens with zero attached hydrogens (tertiary/aromatic N) is 3. The minimum Gasteiger partial charge on any atom is -0.394 e. The molecule has 244 valence electrons. The monoisotopic (exact) mass is 717 g/mol. The third-order valence-corrected chi connectivity index (χ3v) is 10.7. The van der Waals surface area contributed by atoms with Crippen LogP contribution in [0, 0.1) is 11.8 Å². The van der Waals surface area contributed by atoms with Crippen LogP contribution in [0.15, 0.2) is 110 Å². The largest absolute Gasteiger partial charge is 0.394 e. The van der Waals surface area contributed by atoms with Gasteiger partial charge in [-0.15, -0.1) is 13.2 Å². The van der Waals surface area contributed by atoms with E-state index in [4.69, 9.17) is 16.3 Å². The second kappa shape index (κ2) is 13.8. The minimum absolute atomic E-state index is 0.116. The number of para-hydroxylation sites is 1. The van der Waals surface area contributed by atoms with E-state index in [9.17, 15) is 14.7 Å². The number of likely N-dealkylation sites (tertiary alicyclic amines) is 1. The van der Waals surface area contributed by atoms with Crippen molar-refractivity contribution in [3.8, 4) is 0 Å². The maximum absolute atomic E-state index is 15.0. The number of hydrogen-bond donors (Lipinski definition) is 1. The molecule has 3 aromatic rings. The number of benzene rings is 3. The molecule has 6 rings (SSSR count). The molecule has 0 radical (unpaired) electrons. The molecule has 3 fully saturated rings. The molecule has 10 heteroatoms. The van der Waals surface area contributed by atoms with E-state index in [1.165, 1.54) is 9.80 Å². The maximum Gasteiger partial charge on any atom is 0.253 e. The second-order valence-electron chi connectivity index (χ2n) is 12.2. The fourth-order valence-electron chi connectivity index (χ4n) is 7.65. The zero-order chi connectivity index (χ0) is 33.3. The number of ether oxygens (including phenoxy) is 1. The molecule has 3 saturated heterocycles. The highest BCUT2D eigenvalue weighted by Crippen LogP contribution is 2.61. The highest BCUT2D eigenvalue weighted by atomic mass is 79.9. The van der Waals surface area contributed by atoms with Crippen molar-refractivity contribution < 1.29 is 24.2 Å². The average Bonchev–Trinajstić information content (AvgIpc) is 3.68. The van der Waals surface area contributed by atoms with Gasteiger partial charge in [0.2, 0.25) is 11.8 Å². The van der Waals surface area contributed by atoms with Crippen molar-refractivity contribution in [2.45, 2.75) is 41.6 Å². The van der Waals surface area contributed by atoms with Crippen LogP contribution < -0.4 is 4.90 Å². The van der Waals surface area contributed by atoms with E-state index in [2.05, 4.69) is 29.1 Å². The van der Waals surface area contributed by atoms with E-state index in [0.717, 1.165) is 5.56 Å². The van der Waals surface area contributed by atoms with Gasteiger partial charge in [0.05, 0.1) is 41.3 Å². The Morgan fingerprint density at radius 2 is 1.64 bits per heavy atom. The van der Waals surface area contributed by atoms with Gasteiger partial charge in [-0.1, -0.05) is 112 Å². The number of hydrogen-bond acceptors (Lipinski definition) is 5. The molecule has 3 aliphatic rings. The number of carbonyl (C=O) groups is 3. The van der Waals surface area contributed by atoms with Crippen molar-refractivity contribution in [3.63, 3.8) is 0 Å². The summed E-state index contributed by atoms with van der Waals surface area (Å²) in [5.41, 5.74) is 0.717. The molecule has 0 saturated carbocycles. The maximum atomic E-state index is 15.0. The van der Waals surface area contributed by atoms with Gasteiger partial charge in [-0.25, -0.2) is 0 Å². The van der Waals surface area contributed by atoms with Crippen molar-refractivity contribution in [2.75, 3.05) is 24.6 Å². The number of fused-ring (bicyclic) bond motifs is 1. The summed E-state index contributed by atoms with van der Waals surface area (Å²) in [6.45, 7) is 8.02. The zero-order valence-electron chi connectivity index (χ0n) is 25.8. The number of amides is 3. The summed E-state index contributed by atoms with van der Waals surface area (Å²) in [5.74, 6) is -2.90. The summed E-state index contributed by atoms with van der Waals surface area (Å²) in [7, 11) is 0. The molecule has 8 nitrogen and oxygen atoms in total. The molecule has 3 aliphatic heterocycles. The summed E-state index contributed by atoms with van der Waals surface area (Å²) in [5, 5.41) is 11.2. The molecule has 3 amide bonds. The Morgan fingerprint density at radius 1 is 1.00 bits per heavy atom. The van der Waals surface area contributed by atoms with Crippen LogP contribution in [0.3, 0.4) is 0 Å². The Kier molecular flexibility index (Phi) is 9.71. The topological polar surface area (TPSA) is 90.4 Å². The third-order valence-electron chi connectivity index (χ3n) is 9.54. The average molecular weight is 719 g/mol. The van der Waals surface area contributed by atoms with Crippen LogP contribution in [0.5, 0.6) is 0 Å². The minimum atomic E-state index is -1.34. The molecular formula is C37H37BrClN3O5. The molecule has 3 aromatic carbocycles. The molecule has 1 spiro atoms. The Balaban J connectivity index is 1.47. The molecule has 1 N–H and O–H groups in total. The Bertz CT molecular complexity index is 1660. The van der Waals surface area contributed by atoms with E-state index in [0.29, 0.717) is 29.2 Å². The van der Waals surface area contributed by atoms with Crippen LogP contribution in [-0.4, -0.2) is 74.9 Å². The van der Waals surface area contributed by atoms with E-state index in [1.807, 2.05) is 60.7 Å². The van der Waals surface area contributed by atoms with Crippen LogP contribution in [0.25, 0.3) is 0 Å². The number of halogens is 2. The van der Waals surface area contributed by atoms with Crippen molar-refractivity contribution in [1.29, 1.82) is 0 Å². The molecule has 0 aliphatic carbocycles. The lowest BCUT2D eigenvalue weighted by molar-refractivity contribution is -0.147. The predicted molar refractivity (Wildman–Crippen MR) is 185 cm³/mol. The van der Waals surface area contributed by atoms with Gasteiger partial charge in [-0.05, 0) is 29.7 Å². The normalized spacial score (nSPS) is 26.5. The smallest absolute Gasteiger partial charge is 0.253 e. The zero-order valence-corrected chi connectivity index (χ0v) is 28.2. The van der Waals surface area contributed by atoms with Gasteiger partial charge in [0.1, 0.15) is 11.6 Å². The lowest BCUT2D eigenvalue weighted by Gasteiger charge is -2.39. The number of alkyl halides is 1. The van der Waals surface area contributed by atoms with Gasteiger partial charge in [-0.3, -0.25) is 14.4 Å². The number of aliphatic hydroxyl groups excluding tert-OH is 1. The van der Waals surface area contributed by atoms with Crippen LogP contribution in [0.1, 0.15) is 23.6 Å². The first-order valence-corrected chi connectivity index (χ1v) is 17.0. The van der Waals surface area contributed by atoms with E-state index in [1.54, 1.807) is 41.3 Å². The summed E-state index contributed by atoms with van der Waals surface area (Å²) >= 11 is 10.4. The molecule has 7 atom stereocenters. The highest BCUT2D eigenvalue weighted by Gasteiger charge is 2.77. The summed E-state index contributed by atoms with van der Waals surface area (Å²) < 4.78 is 6.80. The van der Waals surface area contributed by atoms with Crippen molar-refractivity contribution >= 4 is 50.9 Å². The van der Waals surface area contributed by atoms with E-state index >= 15 is 4.79 Å². The molecular weight excluding hydrogens is 682 g/mol. The Labute approximate surface area is 288 Å². The quantitative estimate of drug-likeness (QED) is 0.196. The van der Waals surface area contributed by atoms with Gasteiger partial charge >= 0.3 is 0 Å². The predicted octanol–water partition coefficient (Wildman–Crippen LogP) is 5.56. The molecule has 3 unspecified atom stereocenters. The summed E-state index contributed by atoms with van der Waals surface area (Å²) in [6.07, 6.45) is 2.94. The fourth-order valence-corrected chi connectivity index (χ4v) is 8.83. The van der Waals surface area contributed by atoms with E-state index in [-0.39, 0.29) is 23.8 Å². The highest BCUT2D eigenvalue weighted by molar-refractivity contribution is 9.09. The van der Waals surface area contributed by atoms with Crippen LogP contribution in [0.4, 0.5) is 5.69 Å². The number of aliphatic hydroxyl groups is 1. The first-order valence-electron chi connectivity index (χ1n) is 15.7. The molecule has 3 heterocycles. The van der Waals surface area contributed by atoms with Gasteiger partial charge < -0.3 is 24.5 Å². The van der Waals surface area contributed by atoms with E-state index < -0.39 is 54.0 Å². The molecule has 2 bridgehead atoms. The van der Waals surface area contributed by atoms with Gasteiger partial charge in [0.15, 0.2) is 0 Å². The van der Waals surface area contributed by atoms with Crippen molar-refractivity contribution in [1.82, 2.24) is 9.80 Å². The van der Waals surface area contributed by atoms with Crippen molar-refractivity contribution in [3.05, 3.63) is 126 Å². The molecule has 47 heavy (non-hydrogen) atoms. The molecule has 0 aromatic heterocycles. The number of rotatable bonds is 12. The summed E-state index contributed by atoms with van der Waals surface area (Å²) in [6, 6.07) is 23.7. The first kappa shape index (κ1) is 33.2. The lowest BCUT2D eigenvalue weighted by Crippen LogP contribution is -2.58. The van der Waals surface area contributed by atoms with Gasteiger partial charge in [0.25, 0.3) is 5.91 Å². The van der Waals surface area contributed by atoms with Gasteiger partial charge in [0, 0.05) is 24.5 Å². The number of carbonyl (C=O) groups excluding carboxylic acids is 3. The standard InChI is InChI=1S/C37H37BrClN3O5/c1-3-19-40(22-24-13-7-5-8-14-24)34(44)30-31-35(45)42(29(23-43)25-15-9-6-10-16-25)33(37(31)21-26(38)32(30)47-37)36(46)41(20-4-2)28-18-12-11-17-27(28)39/h3-18,26,29-33,43H,1-2,19-23H2/t26?,29-,30-,31+,32-,33?,37?/m1/s1. The van der Waals surface area contributed by atoms with Crippen molar-refractivity contribution in [2.24, 2.45) is 11.8 Å². The SMILES string of the molecule is C=CCN(Cc1ccccc1)C(=O)[C@H]1[C@@H]2OC3(CC2Br)C(C(=O)N(CC=C)c2ccccc2Cl)N([C@H](CO)c2ccccc2)C(=O)[C@H]13. The van der Waals surface area contributed by atoms with Gasteiger partial charge in [-0.2, -0.15) is 0 Å². The Morgan fingerprint density at radius 3 is 2.28 bits per heavy atom. The van der Waals surface area contributed by atoms with Crippen LogP contribution in [0.2, 0.25) is 5.02 Å².